The zero-order chi connectivity index (χ0) is 18.7. The molecule has 0 bridgehead atoms. The second kappa shape index (κ2) is 28.9. The smallest absolute Gasteiger partial charge is 0.665 e. The molecule has 0 aliphatic carbocycles. The largest absolute Gasteiger partial charge is 1.00 e. The molecule has 0 saturated carbocycles. The molecule has 0 amide bonds. The van der Waals surface area contributed by atoms with Crippen LogP contribution in [0.4, 0.5) is 0 Å². The summed E-state index contributed by atoms with van der Waals surface area (Å²) in [5, 5.41) is 0. The number of carbonyl (C=O) groups is 1. The summed E-state index contributed by atoms with van der Waals surface area (Å²) in [6.07, 6.45) is 4.22. The van der Waals surface area contributed by atoms with Crippen molar-refractivity contribution in [2.75, 3.05) is 0 Å². The molecule has 1 rings (SSSR count). The van der Waals surface area contributed by atoms with Crippen molar-refractivity contribution in [1.29, 1.82) is 0 Å². The third-order valence-electron chi connectivity index (χ3n) is 2.60. The SMILES string of the molecule is C=CC.CC.CC.[CH2-]Oc1cccc(CCCC(=O)C(C)C)c1.[CH3-].[K+]. The van der Waals surface area contributed by atoms with E-state index in [0.717, 1.165) is 18.6 Å². The average molecular weight is 376 g/mol. The summed E-state index contributed by atoms with van der Waals surface area (Å²) in [6, 6.07) is 7.82. The van der Waals surface area contributed by atoms with Gasteiger partial charge in [-0.05, 0) is 37.5 Å². The van der Waals surface area contributed by atoms with Gasteiger partial charge in [0.2, 0.25) is 0 Å². The minimum Gasteiger partial charge on any atom is -0.665 e. The molecule has 0 heterocycles. The molecule has 0 aliphatic heterocycles. The average Bonchev–Trinajstić information content (AvgIpc) is 2.59. The Balaban J connectivity index is -0.000000130. The maximum atomic E-state index is 11.4. The van der Waals surface area contributed by atoms with Crippen LogP contribution in [0.2, 0.25) is 0 Å². The van der Waals surface area contributed by atoms with Crippen molar-refractivity contribution < 1.29 is 60.9 Å². The number of ketones is 1. The van der Waals surface area contributed by atoms with E-state index in [-0.39, 0.29) is 64.7 Å². The molecule has 0 unspecified atom stereocenters. The fourth-order valence-electron chi connectivity index (χ4n) is 1.55. The van der Waals surface area contributed by atoms with Gasteiger partial charge in [-0.2, -0.15) is 7.11 Å². The second-order valence-electron chi connectivity index (χ2n) is 4.67. The van der Waals surface area contributed by atoms with Gasteiger partial charge in [0.15, 0.2) is 0 Å². The number of carbonyl (C=O) groups excluding carboxylic acids is 1. The first-order chi connectivity index (χ1) is 11.0. The molecular weight excluding hydrogens is 335 g/mol. The van der Waals surface area contributed by atoms with Crippen molar-refractivity contribution >= 4 is 5.78 Å². The van der Waals surface area contributed by atoms with Crippen molar-refractivity contribution in [2.45, 2.75) is 67.7 Å². The fraction of sp³-hybridized carbons (Fsp3) is 0.500. The summed E-state index contributed by atoms with van der Waals surface area (Å²) >= 11 is 0. The zero-order valence-corrected chi connectivity index (χ0v) is 21.4. The second-order valence-corrected chi connectivity index (χ2v) is 4.67. The Morgan fingerprint density at radius 1 is 1.24 bits per heavy atom. The van der Waals surface area contributed by atoms with Crippen molar-refractivity contribution in [1.82, 2.24) is 0 Å². The minimum atomic E-state index is 0. The Kier molecular flexibility index (Phi) is 41.6. The van der Waals surface area contributed by atoms with Crippen LogP contribution in [0, 0.1) is 20.5 Å². The molecule has 0 atom stereocenters. The van der Waals surface area contributed by atoms with E-state index < -0.39 is 0 Å². The van der Waals surface area contributed by atoms with Gasteiger partial charge in [-0.3, -0.25) is 4.79 Å². The van der Waals surface area contributed by atoms with Crippen LogP contribution in [0.25, 0.3) is 0 Å². The van der Waals surface area contributed by atoms with Gasteiger partial charge in [0.05, 0.1) is 5.75 Å². The van der Waals surface area contributed by atoms with Crippen LogP contribution in [0.1, 0.15) is 66.9 Å². The molecule has 1 aromatic rings. The summed E-state index contributed by atoms with van der Waals surface area (Å²) in [6.45, 7) is 17.1. The Hall–Kier alpha value is 0.0664. The predicted octanol–water partition coefficient (Wildman–Crippen LogP) is 4.10. The van der Waals surface area contributed by atoms with Gasteiger partial charge in [0.1, 0.15) is 5.78 Å². The molecule has 0 fully saturated rings. The molecule has 0 saturated heterocycles. The van der Waals surface area contributed by atoms with Gasteiger partial charge in [-0.1, -0.05) is 59.8 Å². The summed E-state index contributed by atoms with van der Waals surface area (Å²) in [5.74, 6) is 1.26. The van der Waals surface area contributed by atoms with E-state index in [9.17, 15) is 4.79 Å². The molecule has 25 heavy (non-hydrogen) atoms. The molecule has 0 spiro atoms. The summed E-state index contributed by atoms with van der Waals surface area (Å²) in [5.41, 5.74) is 1.19. The Morgan fingerprint density at radius 3 is 2.12 bits per heavy atom. The van der Waals surface area contributed by atoms with Crippen molar-refractivity contribution in [3.05, 3.63) is 57.0 Å². The van der Waals surface area contributed by atoms with Crippen LogP contribution in [0.15, 0.2) is 36.9 Å². The Bertz CT molecular complexity index is 387. The van der Waals surface area contributed by atoms with Crippen molar-refractivity contribution in [3.63, 3.8) is 0 Å². The number of hydrogen-bond donors (Lipinski definition) is 0. The van der Waals surface area contributed by atoms with Gasteiger partial charge in [0, 0.05) is 12.3 Å². The minimum absolute atomic E-state index is 0. The molecule has 142 valence electrons. The number of aryl methyl sites for hydroxylation is 1. The first-order valence-electron chi connectivity index (χ1n) is 8.65. The van der Waals surface area contributed by atoms with Crippen molar-refractivity contribution in [2.24, 2.45) is 5.92 Å². The van der Waals surface area contributed by atoms with Crippen LogP contribution in [0.5, 0.6) is 5.75 Å². The van der Waals surface area contributed by atoms with Crippen LogP contribution in [0.3, 0.4) is 0 Å². The van der Waals surface area contributed by atoms with E-state index >= 15 is 0 Å². The number of Topliss-reactive ketones (excluding diaryl/α,β-unsaturated/α-hetero) is 1. The molecule has 1 aromatic carbocycles. The molecule has 0 aromatic heterocycles. The first-order valence-corrected chi connectivity index (χ1v) is 8.65. The van der Waals surface area contributed by atoms with E-state index in [1.165, 1.54) is 5.56 Å². The van der Waals surface area contributed by atoms with Crippen LogP contribution in [-0.4, -0.2) is 5.78 Å². The number of hydrogen-bond acceptors (Lipinski definition) is 2. The monoisotopic (exact) mass is 375 g/mol. The van der Waals surface area contributed by atoms with E-state index in [2.05, 4.69) is 13.7 Å². The number of ether oxygens (including phenoxy) is 1. The van der Waals surface area contributed by atoms with Gasteiger partial charge in [0.25, 0.3) is 0 Å². The normalized spacial score (nSPS) is 7.72. The third-order valence-corrected chi connectivity index (χ3v) is 2.60. The summed E-state index contributed by atoms with van der Waals surface area (Å²) in [7, 11) is 3.37. The quantitative estimate of drug-likeness (QED) is 0.425. The Morgan fingerprint density at radius 2 is 1.72 bits per heavy atom. The van der Waals surface area contributed by atoms with E-state index in [1.54, 1.807) is 6.08 Å². The first kappa shape index (κ1) is 36.1. The van der Waals surface area contributed by atoms with Crippen LogP contribution >= 0.6 is 0 Å². The molecular formula is C22H40KO2-. The zero-order valence-electron chi connectivity index (χ0n) is 18.3. The number of benzene rings is 1. The van der Waals surface area contributed by atoms with Gasteiger partial charge >= 0.3 is 51.4 Å². The van der Waals surface area contributed by atoms with Crippen LogP contribution < -0.4 is 56.1 Å². The summed E-state index contributed by atoms with van der Waals surface area (Å²) in [4.78, 5) is 11.4. The van der Waals surface area contributed by atoms with Gasteiger partial charge in [-0.25, -0.2) is 0 Å². The molecule has 3 heteroatoms. The van der Waals surface area contributed by atoms with Gasteiger partial charge < -0.3 is 12.2 Å². The fourth-order valence-corrected chi connectivity index (χ4v) is 1.55. The molecule has 0 N–H and O–H groups in total. The van der Waals surface area contributed by atoms with Gasteiger partial charge in [-0.15, -0.1) is 6.58 Å². The topological polar surface area (TPSA) is 26.3 Å². The number of allylic oxidation sites excluding steroid dienone is 1. The molecule has 0 aliphatic rings. The predicted molar refractivity (Wildman–Crippen MR) is 110 cm³/mol. The van der Waals surface area contributed by atoms with Crippen LogP contribution in [-0.2, 0) is 11.2 Å². The maximum Gasteiger partial charge on any atom is 1.00 e. The summed E-state index contributed by atoms with van der Waals surface area (Å²) < 4.78 is 4.90. The standard InChI is InChI=1S/C14H19O2.C3H6.2C2H6.CH3.K/c1-11(2)14(15)9-5-7-12-6-4-8-13(10-12)16-3;1-3-2;2*1-2;;/h4,6,8,10-11H,3,5,7,9H2,1-2H3;3H,1H2,2H3;2*1-2H3;1H3;/q-1;;;;-1;+1. The third kappa shape index (κ3) is 24.1. The Labute approximate surface area is 201 Å². The number of rotatable bonds is 6. The van der Waals surface area contributed by atoms with Crippen molar-refractivity contribution in [3.8, 4) is 5.75 Å². The van der Waals surface area contributed by atoms with E-state index in [4.69, 9.17) is 4.74 Å². The molecule has 0 radical (unpaired) electrons. The van der Waals surface area contributed by atoms with E-state index in [1.807, 2.05) is 72.7 Å². The maximum absolute atomic E-state index is 11.4. The molecule has 2 nitrogen and oxygen atoms in total. The van der Waals surface area contributed by atoms with E-state index in [0.29, 0.717) is 12.2 Å².